The van der Waals surface area contributed by atoms with Crippen LogP contribution in [0.1, 0.15) is 16.5 Å². The predicted octanol–water partition coefficient (Wildman–Crippen LogP) is 1.97. The van der Waals surface area contributed by atoms with Crippen LogP contribution in [-0.2, 0) is 9.59 Å². The predicted molar refractivity (Wildman–Crippen MR) is 96.9 cm³/mol. The lowest BCUT2D eigenvalue weighted by atomic mass is 10.1. The number of benzene rings is 1. The highest BCUT2D eigenvalue weighted by Crippen LogP contribution is 2.25. The van der Waals surface area contributed by atoms with Crippen molar-refractivity contribution >= 4 is 23.2 Å². The largest absolute Gasteiger partial charge is 0.348 e. The second-order valence-corrected chi connectivity index (χ2v) is 6.87. The first-order valence-electron chi connectivity index (χ1n) is 7.73. The van der Waals surface area contributed by atoms with E-state index in [9.17, 15) is 9.59 Å². The number of amides is 2. The Bertz CT molecular complexity index is 656. The maximum absolute atomic E-state index is 12.4. The first-order valence-corrected chi connectivity index (χ1v) is 8.61. The second kappa shape index (κ2) is 8.61. The number of nitrogens with zero attached hydrogens (tertiary/aromatic N) is 2. The van der Waals surface area contributed by atoms with Crippen molar-refractivity contribution in [3.63, 3.8) is 0 Å². The van der Waals surface area contributed by atoms with E-state index < -0.39 is 0 Å². The number of carbonyl (C=O) groups is 2. The molecular formula is C18H23N3O2S. The molecule has 2 aromatic rings. The number of hydrogen-bond donors (Lipinski definition) is 1. The monoisotopic (exact) mass is 345 g/mol. The fourth-order valence-electron chi connectivity index (χ4n) is 2.30. The third-order valence-corrected chi connectivity index (χ3v) is 4.52. The summed E-state index contributed by atoms with van der Waals surface area (Å²) in [6.07, 6.45) is 0. The first kappa shape index (κ1) is 18.2. The molecule has 5 nitrogen and oxygen atoms in total. The SMILES string of the molecule is CN(CC(=O)N[C@H](c1ccccc1)c1cccs1)CC(=O)N(C)C. The number of thiophene rings is 1. The summed E-state index contributed by atoms with van der Waals surface area (Å²) in [5, 5.41) is 5.07. The summed E-state index contributed by atoms with van der Waals surface area (Å²) >= 11 is 1.61. The van der Waals surface area contributed by atoms with Gasteiger partial charge in [0.1, 0.15) is 0 Å². The minimum atomic E-state index is -0.170. The van der Waals surface area contributed by atoms with Crippen LogP contribution in [0.5, 0.6) is 0 Å². The van der Waals surface area contributed by atoms with Crippen LogP contribution < -0.4 is 5.32 Å². The Morgan fingerprint density at radius 3 is 2.33 bits per heavy atom. The molecular weight excluding hydrogens is 322 g/mol. The highest BCUT2D eigenvalue weighted by Gasteiger charge is 2.19. The first-order chi connectivity index (χ1) is 11.5. The van der Waals surface area contributed by atoms with Gasteiger partial charge in [-0.2, -0.15) is 0 Å². The highest BCUT2D eigenvalue weighted by atomic mass is 32.1. The molecule has 0 aliphatic rings. The molecule has 1 atom stereocenters. The van der Waals surface area contributed by atoms with Crippen molar-refractivity contribution in [2.75, 3.05) is 34.2 Å². The van der Waals surface area contributed by atoms with Gasteiger partial charge in [0.05, 0.1) is 19.1 Å². The average molecular weight is 345 g/mol. The van der Waals surface area contributed by atoms with Crippen molar-refractivity contribution in [3.8, 4) is 0 Å². The quantitative estimate of drug-likeness (QED) is 0.835. The smallest absolute Gasteiger partial charge is 0.236 e. The van der Waals surface area contributed by atoms with Crippen LogP contribution in [0.3, 0.4) is 0 Å². The lowest BCUT2D eigenvalue weighted by Gasteiger charge is -2.22. The Labute approximate surface area is 146 Å². The Morgan fingerprint density at radius 2 is 1.75 bits per heavy atom. The zero-order valence-corrected chi connectivity index (χ0v) is 15.0. The normalized spacial score (nSPS) is 12.0. The number of carbonyl (C=O) groups excluding carboxylic acids is 2. The van der Waals surface area contributed by atoms with Crippen molar-refractivity contribution < 1.29 is 9.59 Å². The van der Waals surface area contributed by atoms with Gasteiger partial charge >= 0.3 is 0 Å². The molecule has 0 bridgehead atoms. The number of nitrogens with one attached hydrogen (secondary N) is 1. The highest BCUT2D eigenvalue weighted by molar-refractivity contribution is 7.10. The minimum Gasteiger partial charge on any atom is -0.348 e. The zero-order chi connectivity index (χ0) is 17.5. The zero-order valence-electron chi connectivity index (χ0n) is 14.2. The molecule has 1 N–H and O–H groups in total. The van der Waals surface area contributed by atoms with Gasteiger partial charge in [-0.15, -0.1) is 11.3 Å². The van der Waals surface area contributed by atoms with Crippen molar-refractivity contribution in [1.82, 2.24) is 15.1 Å². The molecule has 0 aliphatic heterocycles. The van der Waals surface area contributed by atoms with E-state index in [1.165, 1.54) is 4.90 Å². The third kappa shape index (κ3) is 5.18. The molecule has 2 amide bonds. The molecule has 1 aromatic carbocycles. The second-order valence-electron chi connectivity index (χ2n) is 5.89. The molecule has 0 radical (unpaired) electrons. The van der Waals surface area contributed by atoms with Gasteiger partial charge in [-0.25, -0.2) is 0 Å². The van der Waals surface area contributed by atoms with E-state index in [4.69, 9.17) is 0 Å². The molecule has 0 spiro atoms. The molecule has 0 aliphatic carbocycles. The van der Waals surface area contributed by atoms with E-state index in [0.717, 1.165) is 10.4 Å². The third-order valence-electron chi connectivity index (χ3n) is 3.58. The number of rotatable bonds is 7. The van der Waals surface area contributed by atoms with Crippen molar-refractivity contribution in [2.24, 2.45) is 0 Å². The summed E-state index contributed by atoms with van der Waals surface area (Å²) in [7, 11) is 5.18. The maximum Gasteiger partial charge on any atom is 0.236 e. The Kier molecular flexibility index (Phi) is 6.52. The van der Waals surface area contributed by atoms with Crippen LogP contribution in [0.15, 0.2) is 47.8 Å². The van der Waals surface area contributed by atoms with Crippen LogP contribution in [-0.4, -0.2) is 55.8 Å². The number of hydrogen-bond acceptors (Lipinski definition) is 4. The molecule has 2 rings (SSSR count). The average Bonchev–Trinajstić information content (AvgIpc) is 3.07. The van der Waals surface area contributed by atoms with Crippen LogP contribution >= 0.6 is 11.3 Å². The van der Waals surface area contributed by atoms with E-state index in [-0.39, 0.29) is 30.9 Å². The maximum atomic E-state index is 12.4. The fraction of sp³-hybridized carbons (Fsp3) is 0.333. The standard InChI is InChI=1S/C18H23N3O2S/c1-20(2)17(23)13-21(3)12-16(22)19-18(15-10-7-11-24-15)14-8-5-4-6-9-14/h4-11,18H,12-13H2,1-3H3,(H,19,22)/t18-/m1/s1. The summed E-state index contributed by atoms with van der Waals surface area (Å²) in [6.45, 7) is 0.393. The van der Waals surface area contributed by atoms with Gasteiger partial charge in [0.2, 0.25) is 11.8 Å². The van der Waals surface area contributed by atoms with Crippen molar-refractivity contribution in [1.29, 1.82) is 0 Å². The Balaban J connectivity index is 2.02. The molecule has 128 valence electrons. The Morgan fingerprint density at radius 1 is 1.04 bits per heavy atom. The van der Waals surface area contributed by atoms with Crippen molar-refractivity contribution in [2.45, 2.75) is 6.04 Å². The molecule has 1 heterocycles. The van der Waals surface area contributed by atoms with Gasteiger partial charge in [0.25, 0.3) is 0 Å². The summed E-state index contributed by atoms with van der Waals surface area (Å²) in [6, 6.07) is 13.7. The summed E-state index contributed by atoms with van der Waals surface area (Å²) < 4.78 is 0. The number of likely N-dealkylation sites (N-methyl/N-ethyl adjacent to an activating group) is 2. The Hall–Kier alpha value is -2.18. The van der Waals surface area contributed by atoms with E-state index in [1.54, 1.807) is 37.4 Å². The molecule has 0 saturated carbocycles. The van der Waals surface area contributed by atoms with Gasteiger partial charge in [-0.3, -0.25) is 14.5 Å². The van der Waals surface area contributed by atoms with Gasteiger partial charge in [-0.1, -0.05) is 36.4 Å². The van der Waals surface area contributed by atoms with Crippen LogP contribution in [0.2, 0.25) is 0 Å². The molecule has 24 heavy (non-hydrogen) atoms. The van der Waals surface area contributed by atoms with Crippen LogP contribution in [0.4, 0.5) is 0 Å². The molecule has 1 aromatic heterocycles. The lowest BCUT2D eigenvalue weighted by Crippen LogP contribution is -2.41. The summed E-state index contributed by atoms with van der Waals surface area (Å²) in [5.74, 6) is -0.130. The van der Waals surface area contributed by atoms with Gasteiger partial charge in [0, 0.05) is 19.0 Å². The molecule has 0 fully saturated rings. The fourth-order valence-corrected chi connectivity index (χ4v) is 3.10. The van der Waals surface area contributed by atoms with E-state index in [2.05, 4.69) is 5.32 Å². The molecule has 0 saturated heterocycles. The van der Waals surface area contributed by atoms with E-state index in [1.807, 2.05) is 47.8 Å². The summed E-state index contributed by atoms with van der Waals surface area (Å²) in [4.78, 5) is 28.5. The summed E-state index contributed by atoms with van der Waals surface area (Å²) in [5.41, 5.74) is 1.04. The molecule has 0 unspecified atom stereocenters. The van der Waals surface area contributed by atoms with Crippen LogP contribution in [0, 0.1) is 0 Å². The van der Waals surface area contributed by atoms with Gasteiger partial charge < -0.3 is 10.2 Å². The molecule has 6 heteroatoms. The van der Waals surface area contributed by atoms with Gasteiger partial charge in [0.15, 0.2) is 0 Å². The van der Waals surface area contributed by atoms with Crippen molar-refractivity contribution in [3.05, 3.63) is 58.3 Å². The van der Waals surface area contributed by atoms with Gasteiger partial charge in [-0.05, 0) is 24.1 Å². The lowest BCUT2D eigenvalue weighted by molar-refractivity contribution is -0.130. The topological polar surface area (TPSA) is 52.7 Å². The minimum absolute atomic E-state index is 0.0248. The van der Waals surface area contributed by atoms with E-state index in [0.29, 0.717) is 0 Å². The van der Waals surface area contributed by atoms with E-state index >= 15 is 0 Å². The van der Waals surface area contributed by atoms with Crippen LogP contribution in [0.25, 0.3) is 0 Å².